The predicted octanol–water partition coefficient (Wildman–Crippen LogP) is -0.0437. The molecule has 2 aliphatic heterocycles. The van der Waals surface area contributed by atoms with Crippen LogP contribution in [0, 0.1) is 5.92 Å². The molecule has 0 aromatic carbocycles. The molecule has 2 heterocycles. The van der Waals surface area contributed by atoms with Gasteiger partial charge in [-0.15, -0.1) is 24.2 Å². The Morgan fingerprint density at radius 3 is 2.58 bits per heavy atom. The number of likely N-dealkylation sites (N-methyl/N-ethyl adjacent to an activating group) is 1. The minimum atomic E-state index is -1.42. The Morgan fingerprint density at radius 1 is 1.35 bits per heavy atom. The van der Waals surface area contributed by atoms with Crippen LogP contribution in [-0.2, 0) is 9.53 Å². The third-order valence-corrected chi connectivity index (χ3v) is 6.12. The number of amides is 1. The van der Waals surface area contributed by atoms with Crippen molar-refractivity contribution in [1.29, 1.82) is 0 Å². The summed E-state index contributed by atoms with van der Waals surface area (Å²) in [6.45, 7) is 4.69. The first-order valence-corrected chi connectivity index (χ1v) is 10.1. The number of likely N-dealkylation sites (tertiary alicyclic amines) is 1. The van der Waals surface area contributed by atoms with Crippen LogP contribution in [0.2, 0.25) is 0 Å². The molecule has 0 bridgehead atoms. The summed E-state index contributed by atoms with van der Waals surface area (Å²) in [5.41, 5.74) is -0.976. The molecule has 2 saturated heterocycles. The quantitative estimate of drug-likeness (QED) is 0.311. The van der Waals surface area contributed by atoms with E-state index in [1.165, 1.54) is 0 Å². The highest BCUT2D eigenvalue weighted by molar-refractivity contribution is 7.80. The molecule has 2 rings (SSSR count). The number of aliphatic hydroxyl groups is 3. The van der Waals surface area contributed by atoms with E-state index >= 15 is 0 Å². The Morgan fingerprint density at radius 2 is 2.00 bits per heavy atom. The lowest BCUT2D eigenvalue weighted by Crippen LogP contribution is -2.64. The summed E-state index contributed by atoms with van der Waals surface area (Å²) in [4.78, 5) is 14.8. The second-order valence-electron chi connectivity index (χ2n) is 7.52. The number of nitrogens with one attached hydrogen (secondary N) is 1. The molecule has 152 valence electrons. The number of carbonyl (C=O) groups excluding carboxylic acids is 1. The molecule has 9 heteroatoms. The Labute approximate surface area is 165 Å². The first kappa shape index (κ1) is 22.2. The van der Waals surface area contributed by atoms with Gasteiger partial charge in [0.15, 0.2) is 0 Å². The van der Waals surface area contributed by atoms with Crippen molar-refractivity contribution < 1.29 is 24.9 Å². The van der Waals surface area contributed by atoms with Crippen molar-refractivity contribution in [1.82, 2.24) is 10.2 Å². The lowest BCUT2D eigenvalue weighted by Gasteiger charge is -2.43. The molecular weight excluding hydrogens is 380 g/mol. The molecule has 0 radical (unpaired) electrons. The van der Waals surface area contributed by atoms with Gasteiger partial charge in [-0.05, 0) is 32.7 Å². The zero-order chi connectivity index (χ0) is 19.6. The molecular formula is C17H31ClN2O5S. The Bertz CT molecular complexity index is 486. The zero-order valence-corrected chi connectivity index (χ0v) is 17.1. The smallest absolute Gasteiger partial charge is 0.237 e. The van der Waals surface area contributed by atoms with E-state index in [1.54, 1.807) is 6.92 Å². The number of nitrogens with zero attached hydrogens (tertiary/aromatic N) is 1. The van der Waals surface area contributed by atoms with Gasteiger partial charge in [0, 0.05) is 6.54 Å². The van der Waals surface area contributed by atoms with Crippen LogP contribution in [0.1, 0.15) is 33.1 Å². The van der Waals surface area contributed by atoms with Gasteiger partial charge in [0.1, 0.15) is 29.9 Å². The summed E-state index contributed by atoms with van der Waals surface area (Å²) in [5, 5.41) is 32.4. The van der Waals surface area contributed by atoms with Crippen molar-refractivity contribution in [3.63, 3.8) is 0 Å². The van der Waals surface area contributed by atoms with Gasteiger partial charge in [0.2, 0.25) is 5.91 Å². The molecule has 2 aliphatic rings. The normalized spacial score (nSPS) is 41.0. The number of ether oxygens (including phenoxy) is 1. The first-order chi connectivity index (χ1) is 12.2. The molecule has 0 saturated carbocycles. The summed E-state index contributed by atoms with van der Waals surface area (Å²) in [6.07, 6.45) is -2.14. The van der Waals surface area contributed by atoms with Gasteiger partial charge in [-0.1, -0.05) is 13.3 Å². The van der Waals surface area contributed by atoms with Crippen molar-refractivity contribution in [3.8, 4) is 0 Å². The fraction of sp³-hybridized carbons (Fsp3) is 0.941. The van der Waals surface area contributed by atoms with Crippen molar-refractivity contribution in [2.45, 2.75) is 80.4 Å². The number of aliphatic hydroxyl groups excluding tert-OH is 3. The summed E-state index contributed by atoms with van der Waals surface area (Å²) in [5.74, 6) is 0.318. The van der Waals surface area contributed by atoms with E-state index in [4.69, 9.17) is 16.3 Å². The maximum absolute atomic E-state index is 12.8. The van der Waals surface area contributed by atoms with Crippen LogP contribution in [0.25, 0.3) is 0 Å². The van der Waals surface area contributed by atoms with Gasteiger partial charge in [-0.3, -0.25) is 9.69 Å². The van der Waals surface area contributed by atoms with Gasteiger partial charge < -0.3 is 25.4 Å². The van der Waals surface area contributed by atoms with E-state index in [0.29, 0.717) is 5.92 Å². The molecule has 1 amide bonds. The van der Waals surface area contributed by atoms with Gasteiger partial charge in [-0.25, -0.2) is 0 Å². The van der Waals surface area contributed by atoms with Crippen molar-refractivity contribution in [2.24, 2.45) is 5.92 Å². The van der Waals surface area contributed by atoms with Crippen LogP contribution < -0.4 is 5.32 Å². The van der Waals surface area contributed by atoms with Crippen LogP contribution in [0.3, 0.4) is 0 Å². The Balaban J connectivity index is 2.07. The largest absolute Gasteiger partial charge is 0.388 e. The lowest BCUT2D eigenvalue weighted by atomic mass is 9.92. The molecule has 0 aliphatic carbocycles. The predicted molar refractivity (Wildman–Crippen MR) is 102 cm³/mol. The van der Waals surface area contributed by atoms with Crippen LogP contribution in [-0.4, -0.2) is 87.0 Å². The summed E-state index contributed by atoms with van der Waals surface area (Å²) >= 11 is 10.3. The summed E-state index contributed by atoms with van der Waals surface area (Å²) in [7, 11) is 1.93. The minimum absolute atomic E-state index is 0.171. The van der Waals surface area contributed by atoms with Crippen LogP contribution >= 0.6 is 24.2 Å². The number of alkyl halides is 1. The Hall–Kier alpha value is -0.0900. The lowest BCUT2D eigenvalue weighted by molar-refractivity contribution is -0.204. The first-order valence-electron chi connectivity index (χ1n) is 9.19. The van der Waals surface area contributed by atoms with Crippen LogP contribution in [0.15, 0.2) is 0 Å². The highest BCUT2D eigenvalue weighted by atomic mass is 35.5. The number of halogens is 1. The minimum Gasteiger partial charge on any atom is -0.388 e. The van der Waals surface area contributed by atoms with E-state index < -0.39 is 41.3 Å². The van der Waals surface area contributed by atoms with E-state index in [9.17, 15) is 20.1 Å². The monoisotopic (exact) mass is 410 g/mol. The molecule has 0 aromatic rings. The number of hydrogen-bond donors (Lipinski definition) is 5. The third-order valence-electron chi connectivity index (χ3n) is 5.42. The highest BCUT2D eigenvalue weighted by Crippen LogP contribution is 2.29. The van der Waals surface area contributed by atoms with Gasteiger partial charge in [0.05, 0.1) is 17.5 Å². The van der Waals surface area contributed by atoms with E-state index in [1.807, 2.05) is 11.9 Å². The molecule has 0 spiro atoms. The maximum atomic E-state index is 12.8. The average molecular weight is 411 g/mol. The van der Waals surface area contributed by atoms with Gasteiger partial charge in [-0.2, -0.15) is 0 Å². The number of rotatable bonds is 6. The second kappa shape index (κ2) is 9.41. The fourth-order valence-corrected chi connectivity index (χ4v) is 4.46. The molecule has 0 aromatic heterocycles. The number of hydrogen-bond acceptors (Lipinski definition) is 7. The fourth-order valence-electron chi connectivity index (χ4n) is 3.93. The average Bonchev–Trinajstić information content (AvgIpc) is 2.95. The molecule has 9 atom stereocenters. The maximum Gasteiger partial charge on any atom is 0.237 e. The number of carbonyl (C=O) groups is 1. The molecule has 4 N–H and O–H groups in total. The Kier molecular flexibility index (Phi) is 8.03. The topological polar surface area (TPSA) is 102 Å². The highest BCUT2D eigenvalue weighted by Gasteiger charge is 2.47. The second-order valence-corrected chi connectivity index (χ2v) is 8.72. The van der Waals surface area contributed by atoms with Crippen molar-refractivity contribution in [2.75, 3.05) is 13.6 Å². The summed E-state index contributed by atoms with van der Waals surface area (Å²) < 4.78 is 5.55. The van der Waals surface area contributed by atoms with Crippen LogP contribution in [0.5, 0.6) is 0 Å². The van der Waals surface area contributed by atoms with E-state index in [2.05, 4.69) is 24.9 Å². The molecule has 3 unspecified atom stereocenters. The van der Waals surface area contributed by atoms with Gasteiger partial charge in [0.25, 0.3) is 0 Å². The third kappa shape index (κ3) is 4.84. The summed E-state index contributed by atoms with van der Waals surface area (Å²) in [6, 6.07) is -0.984. The SMILES string of the molecule is CCCC1CC(C(=O)N[C@@H]([C@H]2OC(S)[C@H](O)[C@@H](O)[C@H]2O)[C@H](C)Cl)N(C)C1. The molecule has 7 nitrogen and oxygen atoms in total. The zero-order valence-electron chi connectivity index (χ0n) is 15.5. The van der Waals surface area contributed by atoms with Gasteiger partial charge >= 0.3 is 0 Å². The van der Waals surface area contributed by atoms with E-state index in [0.717, 1.165) is 25.8 Å². The van der Waals surface area contributed by atoms with Crippen molar-refractivity contribution >= 4 is 30.1 Å². The van der Waals surface area contributed by atoms with Crippen molar-refractivity contribution in [3.05, 3.63) is 0 Å². The molecule has 26 heavy (non-hydrogen) atoms. The number of thiol groups is 1. The molecule has 2 fully saturated rings. The van der Waals surface area contributed by atoms with E-state index in [-0.39, 0.29) is 11.9 Å². The van der Waals surface area contributed by atoms with Crippen LogP contribution in [0.4, 0.5) is 0 Å². The standard InChI is InChI=1S/C17H31ClN2O5S/c1-4-5-9-6-10(20(3)7-9)16(24)19-11(8(2)18)15-13(22)12(21)14(23)17(26)25-15/h8-15,17,21-23,26H,4-7H2,1-3H3,(H,19,24)/t8-,9?,10?,11+,12-,13+,14+,15+,17?/m0/s1.